The van der Waals surface area contributed by atoms with Crippen LogP contribution in [0.25, 0.3) is 0 Å². The Balaban J connectivity index is 1.83. The van der Waals surface area contributed by atoms with Gasteiger partial charge in [0, 0.05) is 18.9 Å². The van der Waals surface area contributed by atoms with E-state index >= 15 is 0 Å². The molecule has 0 aliphatic carbocycles. The molecule has 0 aliphatic rings. The maximum Gasteiger partial charge on any atom is 0.117 e. The van der Waals surface area contributed by atoms with Crippen LogP contribution < -0.4 is 5.32 Å². The lowest BCUT2D eigenvalue weighted by Gasteiger charge is -2.03. The van der Waals surface area contributed by atoms with Crippen LogP contribution in [-0.4, -0.2) is 4.98 Å². The van der Waals surface area contributed by atoms with Gasteiger partial charge in [-0.3, -0.25) is 4.98 Å². The van der Waals surface area contributed by atoms with Gasteiger partial charge < -0.3 is 9.73 Å². The fourth-order valence-electron chi connectivity index (χ4n) is 1.46. The van der Waals surface area contributed by atoms with Crippen LogP contribution >= 0.6 is 0 Å². The van der Waals surface area contributed by atoms with E-state index in [9.17, 15) is 0 Å². The van der Waals surface area contributed by atoms with Crippen LogP contribution in [0.4, 0.5) is 0 Å². The van der Waals surface area contributed by atoms with Crippen molar-refractivity contribution in [1.29, 1.82) is 0 Å². The Morgan fingerprint density at radius 1 is 1.33 bits per heavy atom. The van der Waals surface area contributed by atoms with Crippen LogP contribution in [-0.2, 0) is 13.1 Å². The third-order valence-electron chi connectivity index (χ3n) is 2.14. The molecular formula is C12H14N2O. The summed E-state index contributed by atoms with van der Waals surface area (Å²) in [5, 5.41) is 3.30. The van der Waals surface area contributed by atoms with E-state index in [0.29, 0.717) is 0 Å². The number of aromatic nitrogens is 1. The molecule has 1 N–H and O–H groups in total. The molecule has 0 aliphatic heterocycles. The highest BCUT2D eigenvalue weighted by Gasteiger charge is 1.96. The molecule has 0 spiro atoms. The summed E-state index contributed by atoms with van der Waals surface area (Å²) < 4.78 is 5.22. The maximum atomic E-state index is 5.22. The van der Waals surface area contributed by atoms with Crippen molar-refractivity contribution in [3.05, 3.63) is 53.7 Å². The standard InChI is InChI=1S/C12H14N2O/c1-10-5-11(7-13-6-10)8-14-9-12-3-2-4-15-12/h2-7,14H,8-9H2,1H3. The minimum absolute atomic E-state index is 0.751. The first-order valence-electron chi connectivity index (χ1n) is 4.98. The van der Waals surface area contributed by atoms with E-state index in [-0.39, 0.29) is 0 Å². The lowest BCUT2D eigenvalue weighted by molar-refractivity contribution is 0.483. The summed E-state index contributed by atoms with van der Waals surface area (Å²) in [5.41, 5.74) is 2.38. The van der Waals surface area contributed by atoms with Crippen LogP contribution in [0.3, 0.4) is 0 Å². The fraction of sp³-hybridized carbons (Fsp3) is 0.250. The van der Waals surface area contributed by atoms with E-state index in [1.165, 1.54) is 11.1 Å². The van der Waals surface area contributed by atoms with Crippen molar-refractivity contribution in [3.63, 3.8) is 0 Å². The second-order valence-electron chi connectivity index (χ2n) is 3.55. The molecule has 78 valence electrons. The highest BCUT2D eigenvalue weighted by molar-refractivity contribution is 5.16. The van der Waals surface area contributed by atoms with Crippen molar-refractivity contribution < 1.29 is 4.42 Å². The summed E-state index contributed by atoms with van der Waals surface area (Å²) in [6.45, 7) is 3.61. The molecule has 2 aromatic heterocycles. The van der Waals surface area contributed by atoms with Gasteiger partial charge in [-0.15, -0.1) is 0 Å². The van der Waals surface area contributed by atoms with Gasteiger partial charge in [0.2, 0.25) is 0 Å². The van der Waals surface area contributed by atoms with Gasteiger partial charge in [-0.05, 0) is 30.2 Å². The molecule has 0 saturated heterocycles. The molecular weight excluding hydrogens is 188 g/mol. The Morgan fingerprint density at radius 3 is 3.00 bits per heavy atom. The maximum absolute atomic E-state index is 5.22. The monoisotopic (exact) mass is 202 g/mol. The van der Waals surface area contributed by atoms with Crippen molar-refractivity contribution in [2.75, 3.05) is 0 Å². The highest BCUT2D eigenvalue weighted by atomic mass is 16.3. The second kappa shape index (κ2) is 4.75. The third kappa shape index (κ3) is 2.92. The molecule has 0 saturated carbocycles. The summed E-state index contributed by atoms with van der Waals surface area (Å²) >= 11 is 0. The Kier molecular flexibility index (Phi) is 3.15. The number of hydrogen-bond acceptors (Lipinski definition) is 3. The topological polar surface area (TPSA) is 38.1 Å². The normalized spacial score (nSPS) is 10.5. The summed E-state index contributed by atoms with van der Waals surface area (Å²) in [6.07, 6.45) is 5.42. The van der Waals surface area contributed by atoms with E-state index in [1.807, 2.05) is 31.5 Å². The molecule has 0 aromatic carbocycles. The fourth-order valence-corrected chi connectivity index (χ4v) is 1.46. The van der Waals surface area contributed by atoms with Crippen molar-refractivity contribution >= 4 is 0 Å². The Bertz CT molecular complexity index is 409. The molecule has 0 amide bonds. The number of pyridine rings is 1. The minimum Gasteiger partial charge on any atom is -0.468 e. The van der Waals surface area contributed by atoms with Gasteiger partial charge in [0.1, 0.15) is 5.76 Å². The zero-order valence-electron chi connectivity index (χ0n) is 8.73. The van der Waals surface area contributed by atoms with Crippen LogP contribution in [0, 0.1) is 6.92 Å². The molecule has 0 unspecified atom stereocenters. The lowest BCUT2D eigenvalue weighted by atomic mass is 10.2. The highest BCUT2D eigenvalue weighted by Crippen LogP contribution is 2.02. The molecule has 15 heavy (non-hydrogen) atoms. The van der Waals surface area contributed by atoms with Gasteiger partial charge in [0.05, 0.1) is 12.8 Å². The van der Waals surface area contributed by atoms with Crippen LogP contribution in [0.1, 0.15) is 16.9 Å². The van der Waals surface area contributed by atoms with Crippen molar-refractivity contribution in [1.82, 2.24) is 10.3 Å². The number of nitrogens with one attached hydrogen (secondary N) is 1. The molecule has 0 atom stereocenters. The predicted octanol–water partition coefficient (Wildman–Crippen LogP) is 2.27. The third-order valence-corrected chi connectivity index (χ3v) is 2.14. The summed E-state index contributed by atoms with van der Waals surface area (Å²) in [4.78, 5) is 4.14. The zero-order valence-corrected chi connectivity index (χ0v) is 8.73. The number of rotatable bonds is 4. The summed E-state index contributed by atoms with van der Waals surface area (Å²) in [5.74, 6) is 0.954. The molecule has 3 heteroatoms. The van der Waals surface area contributed by atoms with Crippen molar-refractivity contribution in [2.45, 2.75) is 20.0 Å². The van der Waals surface area contributed by atoms with Crippen molar-refractivity contribution in [3.8, 4) is 0 Å². The summed E-state index contributed by atoms with van der Waals surface area (Å²) in [7, 11) is 0. The number of hydrogen-bond donors (Lipinski definition) is 1. The minimum atomic E-state index is 0.751. The molecule has 0 radical (unpaired) electrons. The first-order valence-corrected chi connectivity index (χ1v) is 4.98. The van der Waals surface area contributed by atoms with Gasteiger partial charge in [-0.1, -0.05) is 6.07 Å². The van der Waals surface area contributed by atoms with E-state index in [4.69, 9.17) is 4.42 Å². The van der Waals surface area contributed by atoms with Crippen LogP contribution in [0.5, 0.6) is 0 Å². The number of nitrogens with zero attached hydrogens (tertiary/aromatic N) is 1. The average Bonchev–Trinajstić information content (AvgIpc) is 2.71. The van der Waals surface area contributed by atoms with Crippen LogP contribution in [0.2, 0.25) is 0 Å². The number of aryl methyl sites for hydroxylation is 1. The first-order chi connectivity index (χ1) is 7.34. The largest absolute Gasteiger partial charge is 0.468 e. The Labute approximate surface area is 89.1 Å². The Hall–Kier alpha value is -1.61. The van der Waals surface area contributed by atoms with Gasteiger partial charge in [-0.25, -0.2) is 0 Å². The van der Waals surface area contributed by atoms with Gasteiger partial charge in [0.15, 0.2) is 0 Å². The molecule has 0 fully saturated rings. The molecule has 2 heterocycles. The first kappa shape index (κ1) is 9.93. The molecule has 2 aromatic rings. The molecule has 3 nitrogen and oxygen atoms in total. The molecule has 2 rings (SSSR count). The van der Waals surface area contributed by atoms with Gasteiger partial charge in [0.25, 0.3) is 0 Å². The quantitative estimate of drug-likeness (QED) is 0.826. The zero-order chi connectivity index (χ0) is 10.5. The second-order valence-corrected chi connectivity index (χ2v) is 3.55. The lowest BCUT2D eigenvalue weighted by Crippen LogP contribution is -2.12. The smallest absolute Gasteiger partial charge is 0.117 e. The number of furan rings is 1. The van der Waals surface area contributed by atoms with E-state index < -0.39 is 0 Å². The van der Waals surface area contributed by atoms with E-state index in [2.05, 4.69) is 16.4 Å². The van der Waals surface area contributed by atoms with Crippen molar-refractivity contribution in [2.24, 2.45) is 0 Å². The van der Waals surface area contributed by atoms with E-state index in [0.717, 1.165) is 18.8 Å². The SMILES string of the molecule is Cc1cncc(CNCc2ccco2)c1. The average molecular weight is 202 g/mol. The molecule has 0 bridgehead atoms. The summed E-state index contributed by atoms with van der Waals surface area (Å²) in [6, 6.07) is 5.98. The van der Waals surface area contributed by atoms with Crippen LogP contribution in [0.15, 0.2) is 41.3 Å². The predicted molar refractivity (Wildman–Crippen MR) is 58.2 cm³/mol. The Morgan fingerprint density at radius 2 is 2.27 bits per heavy atom. The van der Waals surface area contributed by atoms with E-state index in [1.54, 1.807) is 6.26 Å². The van der Waals surface area contributed by atoms with Gasteiger partial charge >= 0.3 is 0 Å². The van der Waals surface area contributed by atoms with Gasteiger partial charge in [-0.2, -0.15) is 0 Å².